The topological polar surface area (TPSA) is 85.5 Å². The summed E-state index contributed by atoms with van der Waals surface area (Å²) in [6.45, 7) is 0. The van der Waals surface area contributed by atoms with Crippen molar-refractivity contribution in [1.82, 2.24) is 9.97 Å². The van der Waals surface area contributed by atoms with Gasteiger partial charge in [0, 0.05) is 5.56 Å². The Bertz CT molecular complexity index is 809. The highest BCUT2D eigenvalue weighted by molar-refractivity contribution is 5.85. The number of carbonyl (C=O) groups is 1. The molecule has 0 atom stereocenters. The smallest absolute Gasteiger partial charge is 0.354 e. The monoisotopic (exact) mass is 296 g/mol. The number of pyridine rings is 1. The SMILES string of the molecule is COc1ccc(-c2cnc(-c3cccc(C(=O)O)n3)o2)cc1. The molecule has 3 rings (SSSR count). The molecule has 0 saturated carbocycles. The van der Waals surface area contributed by atoms with E-state index in [1.54, 1.807) is 25.4 Å². The van der Waals surface area contributed by atoms with Crippen LogP contribution in [0.2, 0.25) is 0 Å². The second kappa shape index (κ2) is 5.69. The zero-order valence-corrected chi connectivity index (χ0v) is 11.7. The average Bonchev–Trinajstić information content (AvgIpc) is 3.05. The first kappa shape index (κ1) is 13.8. The highest BCUT2D eigenvalue weighted by atomic mass is 16.5. The van der Waals surface area contributed by atoms with E-state index in [4.69, 9.17) is 14.3 Å². The van der Waals surface area contributed by atoms with Gasteiger partial charge in [0.15, 0.2) is 5.76 Å². The van der Waals surface area contributed by atoms with Crippen LogP contribution in [0, 0.1) is 0 Å². The Hall–Kier alpha value is -3.15. The molecule has 0 aliphatic rings. The summed E-state index contributed by atoms with van der Waals surface area (Å²) < 4.78 is 10.8. The van der Waals surface area contributed by atoms with E-state index in [1.165, 1.54) is 6.07 Å². The summed E-state index contributed by atoms with van der Waals surface area (Å²) in [5.74, 6) is 0.497. The van der Waals surface area contributed by atoms with Gasteiger partial charge in [-0.1, -0.05) is 6.07 Å². The van der Waals surface area contributed by atoms with Gasteiger partial charge in [0.2, 0.25) is 5.89 Å². The van der Waals surface area contributed by atoms with Gasteiger partial charge in [-0.05, 0) is 36.4 Å². The summed E-state index contributed by atoms with van der Waals surface area (Å²) in [7, 11) is 1.60. The van der Waals surface area contributed by atoms with E-state index in [9.17, 15) is 4.79 Å². The minimum absolute atomic E-state index is 0.0540. The molecule has 3 aromatic rings. The molecular weight excluding hydrogens is 284 g/mol. The fourth-order valence-electron chi connectivity index (χ4n) is 1.95. The average molecular weight is 296 g/mol. The number of ether oxygens (including phenoxy) is 1. The van der Waals surface area contributed by atoms with Gasteiger partial charge in [0.25, 0.3) is 0 Å². The fourth-order valence-corrected chi connectivity index (χ4v) is 1.95. The van der Waals surface area contributed by atoms with E-state index in [0.29, 0.717) is 11.5 Å². The number of carboxylic acid groups (broad SMARTS) is 1. The van der Waals surface area contributed by atoms with E-state index in [1.807, 2.05) is 24.3 Å². The van der Waals surface area contributed by atoms with Crippen LogP contribution in [0.15, 0.2) is 53.1 Å². The van der Waals surface area contributed by atoms with Gasteiger partial charge in [-0.25, -0.2) is 14.8 Å². The largest absolute Gasteiger partial charge is 0.497 e. The van der Waals surface area contributed by atoms with Crippen LogP contribution in [-0.2, 0) is 0 Å². The molecule has 0 amide bonds. The van der Waals surface area contributed by atoms with E-state index in [2.05, 4.69) is 9.97 Å². The van der Waals surface area contributed by atoms with Crippen LogP contribution >= 0.6 is 0 Å². The first-order chi connectivity index (χ1) is 10.7. The number of oxazole rings is 1. The molecule has 22 heavy (non-hydrogen) atoms. The molecular formula is C16H12N2O4. The molecule has 110 valence electrons. The lowest BCUT2D eigenvalue weighted by Gasteiger charge is -2.00. The Labute approximate surface area is 126 Å². The Morgan fingerprint density at radius 2 is 1.95 bits per heavy atom. The van der Waals surface area contributed by atoms with Gasteiger partial charge in [-0.3, -0.25) is 0 Å². The van der Waals surface area contributed by atoms with E-state index >= 15 is 0 Å². The quantitative estimate of drug-likeness (QED) is 0.796. The maximum absolute atomic E-state index is 10.9. The normalized spacial score (nSPS) is 10.4. The molecule has 0 fully saturated rings. The summed E-state index contributed by atoms with van der Waals surface area (Å²) in [6.07, 6.45) is 1.58. The van der Waals surface area contributed by atoms with E-state index in [0.717, 1.165) is 11.3 Å². The molecule has 6 heteroatoms. The molecule has 0 radical (unpaired) electrons. The van der Waals surface area contributed by atoms with Crippen LogP contribution in [0.25, 0.3) is 22.9 Å². The van der Waals surface area contributed by atoms with Crippen molar-refractivity contribution in [3.63, 3.8) is 0 Å². The Morgan fingerprint density at radius 1 is 1.18 bits per heavy atom. The fraction of sp³-hybridized carbons (Fsp3) is 0.0625. The zero-order valence-electron chi connectivity index (χ0n) is 11.7. The number of hydrogen-bond donors (Lipinski definition) is 1. The molecule has 0 unspecified atom stereocenters. The molecule has 0 saturated heterocycles. The summed E-state index contributed by atoms with van der Waals surface area (Å²) in [6, 6.07) is 12.0. The van der Waals surface area contributed by atoms with Crippen LogP contribution in [0.3, 0.4) is 0 Å². The third-order valence-corrected chi connectivity index (χ3v) is 3.07. The maximum atomic E-state index is 10.9. The number of aromatic carboxylic acids is 1. The number of aromatic nitrogens is 2. The van der Waals surface area contributed by atoms with Crippen molar-refractivity contribution in [3.8, 4) is 28.7 Å². The molecule has 0 aliphatic carbocycles. The van der Waals surface area contributed by atoms with Crippen molar-refractivity contribution in [1.29, 1.82) is 0 Å². The standard InChI is InChI=1S/C16H12N2O4/c1-21-11-7-5-10(6-8-11)14-9-17-15(22-14)12-3-2-4-13(18-12)16(19)20/h2-9H,1H3,(H,19,20). The molecule has 6 nitrogen and oxygen atoms in total. The third-order valence-electron chi connectivity index (χ3n) is 3.07. The van der Waals surface area contributed by atoms with E-state index < -0.39 is 5.97 Å². The number of benzene rings is 1. The third kappa shape index (κ3) is 2.67. The first-order valence-corrected chi connectivity index (χ1v) is 6.48. The predicted molar refractivity (Wildman–Crippen MR) is 78.7 cm³/mol. The minimum Gasteiger partial charge on any atom is -0.497 e. The van der Waals surface area contributed by atoms with Crippen LogP contribution in [-0.4, -0.2) is 28.2 Å². The maximum Gasteiger partial charge on any atom is 0.354 e. The van der Waals surface area contributed by atoms with Gasteiger partial charge in [0.05, 0.1) is 13.3 Å². The summed E-state index contributed by atoms with van der Waals surface area (Å²) in [4.78, 5) is 19.1. The lowest BCUT2D eigenvalue weighted by molar-refractivity contribution is 0.0690. The second-order valence-corrected chi connectivity index (χ2v) is 4.47. The molecule has 2 heterocycles. The number of hydrogen-bond acceptors (Lipinski definition) is 5. The molecule has 2 aromatic heterocycles. The van der Waals surface area contributed by atoms with Crippen LogP contribution in [0.1, 0.15) is 10.5 Å². The molecule has 1 aromatic carbocycles. The number of carboxylic acids is 1. The van der Waals surface area contributed by atoms with Gasteiger partial charge in [-0.2, -0.15) is 0 Å². The van der Waals surface area contributed by atoms with Crippen LogP contribution < -0.4 is 4.74 Å². The van der Waals surface area contributed by atoms with Crippen LogP contribution in [0.5, 0.6) is 5.75 Å². The van der Waals surface area contributed by atoms with Crippen molar-refractivity contribution in [3.05, 3.63) is 54.4 Å². The van der Waals surface area contributed by atoms with Crippen molar-refractivity contribution in [2.75, 3.05) is 7.11 Å². The van der Waals surface area contributed by atoms with E-state index in [-0.39, 0.29) is 11.6 Å². The second-order valence-electron chi connectivity index (χ2n) is 4.47. The summed E-state index contributed by atoms with van der Waals surface area (Å²) in [5, 5.41) is 8.96. The van der Waals surface area contributed by atoms with Gasteiger partial charge in [0.1, 0.15) is 17.1 Å². The Morgan fingerprint density at radius 3 is 2.64 bits per heavy atom. The summed E-state index contributed by atoms with van der Waals surface area (Å²) >= 11 is 0. The number of rotatable bonds is 4. The first-order valence-electron chi connectivity index (χ1n) is 6.48. The van der Waals surface area contributed by atoms with Crippen molar-refractivity contribution >= 4 is 5.97 Å². The van der Waals surface area contributed by atoms with Crippen LogP contribution in [0.4, 0.5) is 0 Å². The molecule has 0 bridgehead atoms. The van der Waals surface area contributed by atoms with Gasteiger partial charge < -0.3 is 14.3 Å². The van der Waals surface area contributed by atoms with Crippen molar-refractivity contribution < 1.29 is 19.1 Å². The van der Waals surface area contributed by atoms with Gasteiger partial charge >= 0.3 is 5.97 Å². The van der Waals surface area contributed by atoms with Crippen molar-refractivity contribution in [2.45, 2.75) is 0 Å². The number of methoxy groups -OCH3 is 1. The molecule has 0 spiro atoms. The lowest BCUT2D eigenvalue weighted by atomic mass is 10.2. The summed E-state index contributed by atoms with van der Waals surface area (Å²) in [5.41, 5.74) is 1.16. The Balaban J connectivity index is 1.93. The Kier molecular flexibility index (Phi) is 3.57. The zero-order chi connectivity index (χ0) is 15.5. The minimum atomic E-state index is -1.09. The highest BCUT2D eigenvalue weighted by Gasteiger charge is 2.12. The molecule has 0 aliphatic heterocycles. The number of nitrogens with zero attached hydrogens (tertiary/aromatic N) is 2. The van der Waals surface area contributed by atoms with Gasteiger partial charge in [-0.15, -0.1) is 0 Å². The molecule has 1 N–H and O–H groups in total. The van der Waals surface area contributed by atoms with Crippen molar-refractivity contribution in [2.24, 2.45) is 0 Å². The highest BCUT2D eigenvalue weighted by Crippen LogP contribution is 2.26. The lowest BCUT2D eigenvalue weighted by Crippen LogP contribution is -2.00. The predicted octanol–water partition coefficient (Wildman–Crippen LogP) is 3.11.